The number of ether oxygens (including phenoxy) is 1. The highest BCUT2D eigenvalue weighted by Gasteiger charge is 2.44. The van der Waals surface area contributed by atoms with Crippen LogP contribution in [0.5, 0.6) is 0 Å². The summed E-state index contributed by atoms with van der Waals surface area (Å²) in [5.74, 6) is 1.85. The summed E-state index contributed by atoms with van der Waals surface area (Å²) in [6.45, 7) is 4.06. The highest BCUT2D eigenvalue weighted by atomic mass is 32.2. The number of rotatable bonds is 6. The second-order valence-electron chi connectivity index (χ2n) is 8.46. The molecule has 2 saturated carbocycles. The highest BCUT2D eigenvalue weighted by molar-refractivity contribution is 7.92. The molecule has 0 unspecified atom stereocenters. The van der Waals surface area contributed by atoms with Crippen LogP contribution in [-0.4, -0.2) is 32.6 Å². The summed E-state index contributed by atoms with van der Waals surface area (Å²) in [4.78, 5) is 0. The van der Waals surface area contributed by atoms with Crippen molar-refractivity contribution in [2.24, 2.45) is 17.3 Å². The fourth-order valence-corrected chi connectivity index (χ4v) is 7.25. The summed E-state index contributed by atoms with van der Waals surface area (Å²) in [5.41, 5.74) is 0.569. The molecule has 0 amide bonds. The fourth-order valence-electron chi connectivity index (χ4n) is 5.26. The minimum Gasteiger partial charge on any atom is -0.381 e. The first-order valence-corrected chi connectivity index (χ1v) is 11.5. The molecule has 134 valence electrons. The summed E-state index contributed by atoms with van der Waals surface area (Å²) in [7, 11) is -2.86. The molecule has 0 radical (unpaired) electrons. The molecule has 3 rings (SSSR count). The minimum absolute atomic E-state index is 0.0376. The van der Waals surface area contributed by atoms with E-state index in [0.717, 1.165) is 57.7 Å². The van der Waals surface area contributed by atoms with E-state index in [1.54, 1.807) is 0 Å². The first-order valence-electron chi connectivity index (χ1n) is 9.82. The third kappa shape index (κ3) is 4.31. The molecule has 23 heavy (non-hydrogen) atoms. The Bertz CT molecular complexity index is 471. The SMILES string of the molecule is CC[C@@H]1CCC[C@@H](S(=O)(=O)CCCC2CC3(CCOCC3)C2)C1. The summed E-state index contributed by atoms with van der Waals surface area (Å²) in [6.07, 6.45) is 12.4. The van der Waals surface area contributed by atoms with Crippen molar-refractivity contribution in [1.29, 1.82) is 0 Å². The van der Waals surface area contributed by atoms with Gasteiger partial charge >= 0.3 is 0 Å². The van der Waals surface area contributed by atoms with Gasteiger partial charge < -0.3 is 4.74 Å². The molecule has 1 saturated heterocycles. The van der Waals surface area contributed by atoms with Gasteiger partial charge in [0.25, 0.3) is 0 Å². The van der Waals surface area contributed by atoms with Crippen LogP contribution < -0.4 is 0 Å². The molecule has 0 N–H and O–H groups in total. The average Bonchev–Trinajstić information content (AvgIpc) is 2.54. The Morgan fingerprint density at radius 3 is 2.52 bits per heavy atom. The van der Waals surface area contributed by atoms with Crippen LogP contribution in [0.25, 0.3) is 0 Å². The van der Waals surface area contributed by atoms with Gasteiger partial charge in [0.05, 0.1) is 11.0 Å². The van der Waals surface area contributed by atoms with Crippen LogP contribution in [0.2, 0.25) is 0 Å². The maximum atomic E-state index is 12.6. The molecule has 2 atom stereocenters. The Hall–Kier alpha value is -0.0900. The van der Waals surface area contributed by atoms with Gasteiger partial charge in [0.1, 0.15) is 0 Å². The lowest BCUT2D eigenvalue weighted by Gasteiger charge is -2.50. The molecule has 0 aromatic heterocycles. The lowest BCUT2D eigenvalue weighted by atomic mass is 9.57. The van der Waals surface area contributed by atoms with E-state index in [-0.39, 0.29) is 5.25 Å². The van der Waals surface area contributed by atoms with Gasteiger partial charge in [0.2, 0.25) is 0 Å². The predicted octanol–water partition coefficient (Wildman–Crippen LogP) is 4.36. The lowest BCUT2D eigenvalue weighted by Crippen LogP contribution is -2.41. The minimum atomic E-state index is -2.86. The van der Waals surface area contributed by atoms with Crippen molar-refractivity contribution in [3.05, 3.63) is 0 Å². The highest BCUT2D eigenvalue weighted by Crippen LogP contribution is 2.53. The van der Waals surface area contributed by atoms with Gasteiger partial charge in [0.15, 0.2) is 9.84 Å². The first kappa shape index (κ1) is 17.7. The Labute approximate surface area is 142 Å². The summed E-state index contributed by atoms with van der Waals surface area (Å²) in [6, 6.07) is 0. The van der Waals surface area contributed by atoms with E-state index in [1.807, 2.05) is 0 Å². The standard InChI is InChI=1S/C19H34O3S/c1-2-16-5-3-7-18(13-16)23(20,21)12-4-6-17-14-19(15-17)8-10-22-11-9-19/h16-18H,2-15H2,1H3/t16-,18-/m1/s1. The van der Waals surface area contributed by atoms with E-state index in [9.17, 15) is 8.42 Å². The molecule has 3 nitrogen and oxygen atoms in total. The molecule has 0 aromatic carbocycles. The molecule has 1 spiro atoms. The molecule has 1 heterocycles. The van der Waals surface area contributed by atoms with Gasteiger partial charge in [-0.25, -0.2) is 8.42 Å². The van der Waals surface area contributed by atoms with Crippen molar-refractivity contribution in [3.8, 4) is 0 Å². The van der Waals surface area contributed by atoms with Gasteiger partial charge in [-0.2, -0.15) is 0 Å². The molecule has 3 aliphatic rings. The second kappa shape index (κ2) is 7.43. The van der Waals surface area contributed by atoms with Gasteiger partial charge in [0, 0.05) is 13.2 Å². The van der Waals surface area contributed by atoms with Crippen molar-refractivity contribution >= 4 is 9.84 Å². The Morgan fingerprint density at radius 2 is 1.83 bits per heavy atom. The van der Waals surface area contributed by atoms with Crippen molar-refractivity contribution in [3.63, 3.8) is 0 Å². The van der Waals surface area contributed by atoms with Crippen LogP contribution in [-0.2, 0) is 14.6 Å². The van der Waals surface area contributed by atoms with Crippen LogP contribution >= 0.6 is 0 Å². The van der Waals surface area contributed by atoms with E-state index in [2.05, 4.69) is 6.92 Å². The van der Waals surface area contributed by atoms with Gasteiger partial charge in [-0.15, -0.1) is 0 Å². The third-order valence-electron chi connectivity index (χ3n) is 6.86. The fraction of sp³-hybridized carbons (Fsp3) is 1.00. The summed E-state index contributed by atoms with van der Waals surface area (Å²) in [5, 5.41) is -0.0376. The molecule has 2 aliphatic carbocycles. The molecule has 0 bridgehead atoms. The van der Waals surface area contributed by atoms with Crippen LogP contribution in [0.1, 0.15) is 77.6 Å². The van der Waals surface area contributed by atoms with Crippen LogP contribution in [0.15, 0.2) is 0 Å². The predicted molar refractivity (Wildman–Crippen MR) is 94.3 cm³/mol. The summed E-state index contributed by atoms with van der Waals surface area (Å²) >= 11 is 0. The van der Waals surface area contributed by atoms with E-state index in [0.29, 0.717) is 17.1 Å². The third-order valence-corrected chi connectivity index (χ3v) is 9.16. The zero-order valence-electron chi connectivity index (χ0n) is 14.8. The Morgan fingerprint density at radius 1 is 1.09 bits per heavy atom. The monoisotopic (exact) mass is 342 g/mol. The molecular weight excluding hydrogens is 308 g/mol. The van der Waals surface area contributed by atoms with Gasteiger partial charge in [-0.3, -0.25) is 0 Å². The van der Waals surface area contributed by atoms with Crippen LogP contribution in [0.3, 0.4) is 0 Å². The molecule has 4 heteroatoms. The second-order valence-corrected chi connectivity index (χ2v) is 10.9. The largest absolute Gasteiger partial charge is 0.381 e. The zero-order valence-corrected chi connectivity index (χ0v) is 15.6. The molecule has 0 aromatic rings. The van der Waals surface area contributed by atoms with E-state index in [1.165, 1.54) is 32.1 Å². The van der Waals surface area contributed by atoms with Crippen LogP contribution in [0.4, 0.5) is 0 Å². The first-order chi connectivity index (χ1) is 11.0. The van der Waals surface area contributed by atoms with E-state index in [4.69, 9.17) is 4.74 Å². The Balaban J connectivity index is 1.38. The topological polar surface area (TPSA) is 43.4 Å². The van der Waals surface area contributed by atoms with Crippen molar-refractivity contribution in [2.45, 2.75) is 82.8 Å². The number of sulfone groups is 1. The number of hydrogen-bond donors (Lipinski definition) is 0. The maximum Gasteiger partial charge on any atom is 0.153 e. The van der Waals surface area contributed by atoms with E-state index < -0.39 is 9.84 Å². The van der Waals surface area contributed by atoms with Gasteiger partial charge in [-0.05, 0) is 68.6 Å². The smallest absolute Gasteiger partial charge is 0.153 e. The normalized spacial score (nSPS) is 31.9. The Kier molecular flexibility index (Phi) is 5.72. The van der Waals surface area contributed by atoms with Gasteiger partial charge in [-0.1, -0.05) is 26.2 Å². The van der Waals surface area contributed by atoms with Crippen molar-refractivity contribution in [2.75, 3.05) is 19.0 Å². The number of hydrogen-bond acceptors (Lipinski definition) is 3. The van der Waals surface area contributed by atoms with Crippen molar-refractivity contribution in [1.82, 2.24) is 0 Å². The lowest BCUT2D eigenvalue weighted by molar-refractivity contribution is -0.0606. The van der Waals surface area contributed by atoms with Crippen LogP contribution in [0, 0.1) is 17.3 Å². The quantitative estimate of drug-likeness (QED) is 0.720. The van der Waals surface area contributed by atoms with E-state index >= 15 is 0 Å². The van der Waals surface area contributed by atoms with Crippen molar-refractivity contribution < 1.29 is 13.2 Å². The summed E-state index contributed by atoms with van der Waals surface area (Å²) < 4.78 is 30.7. The molecule has 1 aliphatic heterocycles. The molecular formula is C19H34O3S. The molecule has 3 fully saturated rings. The zero-order chi connectivity index (χ0) is 16.3. The maximum absolute atomic E-state index is 12.6. The average molecular weight is 343 g/mol.